The van der Waals surface area contributed by atoms with Crippen LogP contribution in [0.15, 0.2) is 0 Å². The Morgan fingerprint density at radius 2 is 1.25 bits per heavy atom. The van der Waals surface area contributed by atoms with Gasteiger partial charge < -0.3 is 17.3 Å². The van der Waals surface area contributed by atoms with Crippen molar-refractivity contribution in [1.29, 1.82) is 0 Å². The van der Waals surface area contributed by atoms with Crippen molar-refractivity contribution in [2.75, 3.05) is 0 Å². The van der Waals surface area contributed by atoms with Crippen LogP contribution < -0.4 is 0 Å². The molecular weight excluding hydrogens is 190 g/mol. The van der Waals surface area contributed by atoms with Gasteiger partial charge in [0.1, 0.15) is 0 Å². The monoisotopic (exact) mass is 204 g/mol. The van der Waals surface area contributed by atoms with Gasteiger partial charge in [0.15, 0.2) is 0 Å². The first-order chi connectivity index (χ1) is 5.39. The second-order valence-electron chi connectivity index (χ2n) is 3.00. The molecule has 0 radical (unpaired) electrons. The smallest absolute Gasteiger partial charge is 0.418 e. The van der Waals surface area contributed by atoms with Crippen molar-refractivity contribution in [2.45, 2.75) is 37.8 Å². The Morgan fingerprint density at radius 3 is 1.42 bits per heavy atom. The van der Waals surface area contributed by atoms with Gasteiger partial charge in [0.05, 0.1) is 5.66 Å². The van der Waals surface area contributed by atoms with Crippen molar-refractivity contribution in [3.63, 3.8) is 0 Å². The van der Waals surface area contributed by atoms with Crippen LogP contribution in [0.3, 0.4) is 0 Å². The summed E-state index contributed by atoms with van der Waals surface area (Å²) < 4.78 is 39.0. The van der Waals surface area contributed by atoms with E-state index in [1.165, 1.54) is 32.1 Å². The van der Waals surface area contributed by atoms with Gasteiger partial charge in [0.25, 0.3) is 0 Å². The molecule has 0 aliphatic heterocycles. The van der Waals surface area contributed by atoms with Crippen molar-refractivity contribution in [3.05, 3.63) is 0 Å². The summed E-state index contributed by atoms with van der Waals surface area (Å²) in [7, 11) is -3.82. The third kappa shape index (κ3) is 12.9. The summed E-state index contributed by atoms with van der Waals surface area (Å²) in [6.45, 7) is 0. The van der Waals surface area contributed by atoms with Crippen molar-refractivity contribution in [3.8, 4) is 0 Å². The number of halogens is 4. The largest absolute Gasteiger partial charge is 0.673 e. The molecule has 0 nitrogen and oxygen atoms in total. The Labute approximate surface area is 72.4 Å². The highest BCUT2D eigenvalue weighted by molar-refractivity contribution is 7.17. The molecular formula is C6H14BF4P. The lowest BCUT2D eigenvalue weighted by molar-refractivity contribution is 0.368. The molecule has 12 heavy (non-hydrogen) atoms. The summed E-state index contributed by atoms with van der Waals surface area (Å²) in [5, 5.41) is 0. The lowest BCUT2D eigenvalue weighted by atomic mass is 10.0. The first-order valence-electron chi connectivity index (χ1n) is 4.10. The molecule has 74 valence electrons. The lowest BCUT2D eigenvalue weighted by Crippen LogP contribution is -2.02. The van der Waals surface area contributed by atoms with Crippen LogP contribution in [0.1, 0.15) is 32.1 Å². The van der Waals surface area contributed by atoms with E-state index in [9.17, 15) is 17.3 Å². The van der Waals surface area contributed by atoms with Crippen LogP contribution in [0, 0.1) is 0 Å². The third-order valence-electron chi connectivity index (χ3n) is 1.72. The molecule has 1 aliphatic rings. The second-order valence-corrected chi connectivity index (χ2v) is 4.15. The highest BCUT2D eigenvalue weighted by Gasteiger charge is 2.20. The summed E-state index contributed by atoms with van der Waals surface area (Å²) in [6.07, 6.45) is 7.48. The molecule has 1 saturated carbocycles. The summed E-state index contributed by atoms with van der Waals surface area (Å²) in [6, 6.07) is 0. The molecule has 0 heterocycles. The Morgan fingerprint density at radius 1 is 0.917 bits per heavy atom. The van der Waals surface area contributed by atoms with E-state index in [4.69, 9.17) is 0 Å². The van der Waals surface area contributed by atoms with Gasteiger partial charge in [0.2, 0.25) is 0 Å². The van der Waals surface area contributed by atoms with E-state index in [0.717, 1.165) is 5.66 Å². The minimum atomic E-state index is -6.00. The zero-order valence-corrected chi connectivity index (χ0v) is 8.32. The van der Waals surface area contributed by atoms with Gasteiger partial charge in [0, 0.05) is 0 Å². The van der Waals surface area contributed by atoms with Gasteiger partial charge >= 0.3 is 7.25 Å². The lowest BCUT2D eigenvalue weighted by Gasteiger charge is -2.11. The molecule has 1 rings (SSSR count). The van der Waals surface area contributed by atoms with Crippen LogP contribution in [-0.2, 0) is 0 Å². The molecule has 0 aromatic rings. The van der Waals surface area contributed by atoms with Crippen LogP contribution >= 0.6 is 9.24 Å². The van der Waals surface area contributed by atoms with Gasteiger partial charge in [-0.15, -0.1) is 0 Å². The number of hydrogen-bond acceptors (Lipinski definition) is 0. The molecule has 0 spiro atoms. The molecule has 0 amide bonds. The molecule has 1 fully saturated rings. The maximum atomic E-state index is 9.75. The molecule has 0 saturated heterocycles. The van der Waals surface area contributed by atoms with E-state index in [1.807, 2.05) is 0 Å². The minimum absolute atomic E-state index is 1.06. The molecule has 0 bridgehead atoms. The van der Waals surface area contributed by atoms with Crippen LogP contribution in [-0.4, -0.2) is 12.9 Å². The Bertz CT molecular complexity index is 105. The first kappa shape index (κ1) is 12.2. The topological polar surface area (TPSA) is 0 Å². The predicted octanol–water partition coefficient (Wildman–Crippen LogP) is 3.23. The fourth-order valence-corrected chi connectivity index (χ4v) is 1.76. The Kier molecular flexibility index (Phi) is 5.90. The van der Waals surface area contributed by atoms with Crippen molar-refractivity contribution < 1.29 is 17.3 Å². The molecule has 1 aliphatic carbocycles. The number of rotatable bonds is 0. The summed E-state index contributed by atoms with van der Waals surface area (Å²) in [5.74, 6) is 0. The molecule has 0 aromatic heterocycles. The summed E-state index contributed by atoms with van der Waals surface area (Å²) in [4.78, 5) is 0. The predicted molar refractivity (Wildman–Crippen MR) is 48.2 cm³/mol. The molecule has 0 N–H and O–H groups in total. The van der Waals surface area contributed by atoms with Crippen molar-refractivity contribution in [2.24, 2.45) is 0 Å². The zero-order valence-electron chi connectivity index (χ0n) is 6.91. The quantitative estimate of drug-likeness (QED) is 0.322. The maximum Gasteiger partial charge on any atom is 0.673 e. The van der Waals surface area contributed by atoms with E-state index >= 15 is 0 Å². The van der Waals surface area contributed by atoms with Crippen LogP contribution in [0.25, 0.3) is 0 Å². The third-order valence-corrected chi connectivity index (χ3v) is 2.54. The highest BCUT2D eigenvalue weighted by atomic mass is 31.0. The average Bonchev–Trinajstić information content (AvgIpc) is 1.85. The molecule has 1 atom stereocenters. The Hall–Kier alpha value is 0.215. The van der Waals surface area contributed by atoms with Gasteiger partial charge in [-0.1, -0.05) is 6.42 Å². The zero-order chi connectivity index (χ0) is 9.61. The fraction of sp³-hybridized carbons (Fsp3) is 1.00. The van der Waals surface area contributed by atoms with Crippen LogP contribution in [0.2, 0.25) is 0 Å². The van der Waals surface area contributed by atoms with Gasteiger partial charge in [-0.3, -0.25) is 0 Å². The van der Waals surface area contributed by atoms with Gasteiger partial charge in [-0.25, -0.2) is 0 Å². The first-order valence-corrected chi connectivity index (χ1v) is 4.91. The van der Waals surface area contributed by atoms with E-state index in [1.54, 1.807) is 0 Å². The molecule has 6 heteroatoms. The number of hydrogen-bond donors (Lipinski definition) is 0. The fourth-order valence-electron chi connectivity index (χ4n) is 1.19. The second kappa shape index (κ2) is 5.79. The highest BCUT2D eigenvalue weighted by Crippen LogP contribution is 2.23. The van der Waals surface area contributed by atoms with Crippen LogP contribution in [0.4, 0.5) is 17.3 Å². The van der Waals surface area contributed by atoms with Crippen molar-refractivity contribution >= 4 is 16.5 Å². The Balaban J connectivity index is 0.000000217. The summed E-state index contributed by atoms with van der Waals surface area (Å²) in [5.41, 5.74) is 1.06. The van der Waals surface area contributed by atoms with E-state index in [-0.39, 0.29) is 0 Å². The van der Waals surface area contributed by atoms with E-state index in [2.05, 4.69) is 9.24 Å². The van der Waals surface area contributed by atoms with Gasteiger partial charge in [-0.2, -0.15) is 0 Å². The standard InChI is InChI=1S/C6H13P.BF4/c7-6-4-2-1-3-5-6;2-1(3,4)5/h6H,1-5,7H2;/q;-1/p+1. The SMILES string of the molecule is F[B-](F)(F)F.[PH3+]C1CCCCC1. The minimum Gasteiger partial charge on any atom is -0.418 e. The van der Waals surface area contributed by atoms with E-state index in [0.29, 0.717) is 0 Å². The summed E-state index contributed by atoms with van der Waals surface area (Å²) >= 11 is 0. The van der Waals surface area contributed by atoms with Crippen LogP contribution in [0.5, 0.6) is 0 Å². The molecule has 1 unspecified atom stereocenters. The van der Waals surface area contributed by atoms with E-state index < -0.39 is 7.25 Å². The van der Waals surface area contributed by atoms with Crippen molar-refractivity contribution in [1.82, 2.24) is 0 Å². The van der Waals surface area contributed by atoms with Gasteiger partial charge in [-0.05, 0) is 34.9 Å². The average molecular weight is 204 g/mol. The molecule has 0 aromatic carbocycles. The maximum absolute atomic E-state index is 9.75. The normalized spacial score (nSPS) is 20.0.